The van der Waals surface area contributed by atoms with E-state index in [1.54, 1.807) is 12.1 Å². The molecule has 0 atom stereocenters. The minimum atomic E-state index is -0.817. The minimum absolute atomic E-state index is 0.124. The summed E-state index contributed by atoms with van der Waals surface area (Å²) in [6, 6.07) is 11.2. The van der Waals surface area contributed by atoms with Crippen molar-refractivity contribution in [2.24, 2.45) is 0 Å². The molecule has 0 spiro atoms. The van der Waals surface area contributed by atoms with Crippen LogP contribution in [0, 0.1) is 11.6 Å². The standard InChI is InChI=1S/C21H16F2N4O3/c22-14-2-1-3-15(23)19(14)27-16-8-9-24-21(30)17(16)18(26-27)12-4-6-13(7-5-12)20(29)25-10-11-28/h1-9,28H,10-11H2,(H,24,30)(H,25,29). The highest BCUT2D eigenvalue weighted by atomic mass is 19.1. The largest absolute Gasteiger partial charge is 0.395 e. The zero-order valence-electron chi connectivity index (χ0n) is 15.5. The van der Waals surface area contributed by atoms with Crippen LogP contribution < -0.4 is 10.9 Å². The van der Waals surface area contributed by atoms with Gasteiger partial charge in [-0.25, -0.2) is 13.5 Å². The second-order valence-corrected chi connectivity index (χ2v) is 6.45. The van der Waals surface area contributed by atoms with Gasteiger partial charge in [0.1, 0.15) is 11.4 Å². The fourth-order valence-corrected chi connectivity index (χ4v) is 3.19. The van der Waals surface area contributed by atoms with Crippen LogP contribution in [-0.2, 0) is 0 Å². The summed E-state index contributed by atoms with van der Waals surface area (Å²) in [5.74, 6) is -2.00. The van der Waals surface area contributed by atoms with Crippen molar-refractivity contribution in [1.82, 2.24) is 20.1 Å². The summed E-state index contributed by atoms with van der Waals surface area (Å²) in [6.07, 6.45) is 1.37. The highest BCUT2D eigenvalue weighted by Gasteiger charge is 2.20. The van der Waals surface area contributed by atoms with Crippen LogP contribution in [-0.4, -0.2) is 38.9 Å². The van der Waals surface area contributed by atoms with Crippen molar-refractivity contribution >= 4 is 16.8 Å². The number of H-pyrrole nitrogens is 1. The van der Waals surface area contributed by atoms with Crippen LogP contribution in [0.4, 0.5) is 8.78 Å². The van der Waals surface area contributed by atoms with Crippen molar-refractivity contribution in [3.8, 4) is 16.9 Å². The Balaban J connectivity index is 1.87. The van der Waals surface area contributed by atoms with E-state index in [2.05, 4.69) is 15.4 Å². The van der Waals surface area contributed by atoms with Gasteiger partial charge in [-0.2, -0.15) is 5.10 Å². The molecule has 0 unspecified atom stereocenters. The second-order valence-electron chi connectivity index (χ2n) is 6.45. The summed E-state index contributed by atoms with van der Waals surface area (Å²) < 4.78 is 29.8. The van der Waals surface area contributed by atoms with Crippen molar-refractivity contribution in [2.45, 2.75) is 0 Å². The van der Waals surface area contributed by atoms with Crippen molar-refractivity contribution in [2.75, 3.05) is 13.2 Å². The van der Waals surface area contributed by atoms with Crippen molar-refractivity contribution in [3.63, 3.8) is 0 Å². The van der Waals surface area contributed by atoms with Gasteiger partial charge in [0.05, 0.1) is 17.5 Å². The van der Waals surface area contributed by atoms with Gasteiger partial charge in [-0.1, -0.05) is 18.2 Å². The Morgan fingerprint density at radius 3 is 2.47 bits per heavy atom. The van der Waals surface area contributed by atoms with Gasteiger partial charge in [0.2, 0.25) is 0 Å². The van der Waals surface area contributed by atoms with E-state index in [4.69, 9.17) is 5.11 Å². The van der Waals surface area contributed by atoms with E-state index >= 15 is 0 Å². The lowest BCUT2D eigenvalue weighted by Crippen LogP contribution is -2.26. The summed E-state index contributed by atoms with van der Waals surface area (Å²) in [6.45, 7) is -0.0537. The molecule has 3 N–H and O–H groups in total. The van der Waals surface area contributed by atoms with Gasteiger partial charge in [-0.15, -0.1) is 0 Å². The number of nitrogens with one attached hydrogen (secondary N) is 2. The predicted molar refractivity (Wildman–Crippen MR) is 106 cm³/mol. The van der Waals surface area contributed by atoms with Crippen LogP contribution in [0.5, 0.6) is 0 Å². The van der Waals surface area contributed by atoms with Crippen LogP contribution in [0.1, 0.15) is 10.4 Å². The highest BCUT2D eigenvalue weighted by Crippen LogP contribution is 2.29. The van der Waals surface area contributed by atoms with E-state index in [0.29, 0.717) is 11.1 Å². The molecule has 0 radical (unpaired) electrons. The molecule has 7 nitrogen and oxygen atoms in total. The molecule has 30 heavy (non-hydrogen) atoms. The zero-order valence-corrected chi connectivity index (χ0v) is 15.5. The lowest BCUT2D eigenvalue weighted by atomic mass is 10.1. The number of hydrogen-bond acceptors (Lipinski definition) is 4. The Morgan fingerprint density at radius 1 is 1.10 bits per heavy atom. The lowest BCUT2D eigenvalue weighted by Gasteiger charge is -2.06. The van der Waals surface area contributed by atoms with Crippen LogP contribution in [0.3, 0.4) is 0 Å². The summed E-state index contributed by atoms with van der Waals surface area (Å²) in [5, 5.41) is 15.8. The number of benzene rings is 2. The van der Waals surface area contributed by atoms with Crippen molar-refractivity contribution in [3.05, 3.63) is 82.3 Å². The number of pyridine rings is 1. The van der Waals surface area contributed by atoms with Crippen molar-refractivity contribution < 1.29 is 18.7 Å². The Morgan fingerprint density at radius 2 is 1.80 bits per heavy atom. The number of carbonyl (C=O) groups is 1. The number of aliphatic hydroxyl groups is 1. The van der Waals surface area contributed by atoms with Crippen LogP contribution >= 0.6 is 0 Å². The maximum atomic E-state index is 14.4. The third-order valence-electron chi connectivity index (χ3n) is 4.57. The Labute approximate surface area is 168 Å². The van der Waals surface area contributed by atoms with Gasteiger partial charge in [-0.05, 0) is 30.3 Å². The second kappa shape index (κ2) is 7.88. The number of aromatic amines is 1. The van der Waals surface area contributed by atoms with Gasteiger partial charge in [0.15, 0.2) is 11.6 Å². The molecule has 152 valence electrons. The number of para-hydroxylation sites is 1. The Kier molecular flexibility index (Phi) is 5.11. The van der Waals surface area contributed by atoms with Gasteiger partial charge in [-0.3, -0.25) is 9.59 Å². The molecule has 0 saturated carbocycles. The van der Waals surface area contributed by atoms with Crippen LogP contribution in [0.15, 0.2) is 59.5 Å². The number of nitrogens with zero attached hydrogens (tertiary/aromatic N) is 2. The maximum Gasteiger partial charge on any atom is 0.259 e. The first-order chi connectivity index (χ1) is 14.5. The smallest absolute Gasteiger partial charge is 0.259 e. The molecule has 2 aromatic carbocycles. The van der Waals surface area contributed by atoms with Gasteiger partial charge < -0.3 is 15.4 Å². The van der Waals surface area contributed by atoms with Crippen LogP contribution in [0.2, 0.25) is 0 Å². The number of halogens is 2. The Bertz CT molecular complexity index is 1280. The predicted octanol–water partition coefficient (Wildman–Crippen LogP) is 2.38. The van der Waals surface area contributed by atoms with Crippen molar-refractivity contribution in [1.29, 1.82) is 0 Å². The third kappa shape index (κ3) is 3.35. The molecule has 4 aromatic rings. The number of carbonyl (C=O) groups excluding carboxylic acids is 1. The normalized spacial score (nSPS) is 11.0. The average Bonchev–Trinajstić information content (AvgIpc) is 3.13. The maximum absolute atomic E-state index is 14.4. The zero-order chi connectivity index (χ0) is 21.3. The molecule has 0 fully saturated rings. The van der Waals surface area contributed by atoms with E-state index in [0.717, 1.165) is 16.8 Å². The molecule has 2 aromatic heterocycles. The lowest BCUT2D eigenvalue weighted by molar-refractivity contribution is 0.0945. The Hall–Kier alpha value is -3.85. The molecule has 0 saturated heterocycles. The highest BCUT2D eigenvalue weighted by molar-refractivity contribution is 5.96. The first-order valence-electron chi connectivity index (χ1n) is 9.05. The van der Waals surface area contributed by atoms with E-state index in [-0.39, 0.29) is 41.3 Å². The SMILES string of the molecule is O=C(NCCO)c1ccc(-c2nn(-c3c(F)cccc3F)c3cc[nH]c(=O)c23)cc1. The quantitative estimate of drug-likeness (QED) is 0.470. The molecule has 0 aliphatic rings. The summed E-state index contributed by atoms with van der Waals surface area (Å²) in [4.78, 5) is 27.0. The molecule has 4 rings (SSSR count). The minimum Gasteiger partial charge on any atom is -0.395 e. The number of aliphatic hydroxyl groups excluding tert-OH is 1. The molecular weight excluding hydrogens is 394 g/mol. The molecule has 9 heteroatoms. The average molecular weight is 410 g/mol. The van der Waals surface area contributed by atoms with Crippen LogP contribution in [0.25, 0.3) is 27.8 Å². The van der Waals surface area contributed by atoms with Gasteiger partial charge in [0, 0.05) is 23.9 Å². The fraction of sp³-hybridized carbons (Fsp3) is 0.0952. The first-order valence-corrected chi connectivity index (χ1v) is 9.05. The molecule has 0 aliphatic heterocycles. The molecule has 1 amide bonds. The number of hydrogen-bond donors (Lipinski definition) is 3. The number of rotatable bonds is 5. The first kappa shape index (κ1) is 19.5. The van der Waals surface area contributed by atoms with Gasteiger partial charge in [0.25, 0.3) is 11.5 Å². The van der Waals surface area contributed by atoms with E-state index in [9.17, 15) is 18.4 Å². The monoisotopic (exact) mass is 410 g/mol. The molecule has 0 bridgehead atoms. The number of fused-ring (bicyclic) bond motifs is 1. The van der Waals surface area contributed by atoms with E-state index < -0.39 is 17.2 Å². The van der Waals surface area contributed by atoms with E-state index in [1.807, 2.05) is 0 Å². The fourth-order valence-electron chi connectivity index (χ4n) is 3.19. The summed E-state index contributed by atoms with van der Waals surface area (Å²) >= 11 is 0. The topological polar surface area (TPSA) is 100 Å². The van der Waals surface area contributed by atoms with Gasteiger partial charge >= 0.3 is 0 Å². The molecular formula is C21H16F2N4O3. The number of aromatic nitrogens is 3. The third-order valence-corrected chi connectivity index (χ3v) is 4.57. The number of amides is 1. The summed E-state index contributed by atoms with van der Waals surface area (Å²) in [7, 11) is 0. The summed E-state index contributed by atoms with van der Waals surface area (Å²) in [5.41, 5.74) is 0.449. The van der Waals surface area contributed by atoms with E-state index in [1.165, 1.54) is 30.5 Å². The molecule has 0 aliphatic carbocycles. The molecule has 2 heterocycles.